The van der Waals surface area contributed by atoms with Gasteiger partial charge >= 0.3 is 12.1 Å². The maximum atomic E-state index is 11.3. The number of halogens is 3. The first-order valence-corrected chi connectivity index (χ1v) is 10.5. The summed E-state index contributed by atoms with van der Waals surface area (Å²) in [5.41, 5.74) is 9.57. The molecule has 3 N–H and O–H groups in total. The summed E-state index contributed by atoms with van der Waals surface area (Å²) in [5, 5.41) is 7.12. The number of hydrogen-bond donors (Lipinski definition) is 2. The zero-order chi connectivity index (χ0) is 23.9. The Kier molecular flexibility index (Phi) is 8.41. The summed E-state index contributed by atoms with van der Waals surface area (Å²) in [6.07, 6.45) is 4.50. The van der Waals surface area contributed by atoms with Gasteiger partial charge in [0.2, 0.25) is 5.91 Å². The molecule has 0 spiro atoms. The van der Waals surface area contributed by atoms with Crippen LogP contribution in [0.2, 0.25) is 0 Å². The molecule has 8 heteroatoms. The van der Waals surface area contributed by atoms with Crippen molar-refractivity contribution in [3.8, 4) is 11.1 Å². The molecule has 1 aliphatic carbocycles. The number of aliphatic carboxylic acids is 1. The molecule has 1 aromatic carbocycles. The second-order valence-electron chi connectivity index (χ2n) is 8.93. The first-order valence-electron chi connectivity index (χ1n) is 10.5. The van der Waals surface area contributed by atoms with E-state index in [-0.39, 0.29) is 0 Å². The van der Waals surface area contributed by atoms with Gasteiger partial charge in [0.15, 0.2) is 0 Å². The van der Waals surface area contributed by atoms with Gasteiger partial charge in [0.05, 0.1) is 0 Å². The number of carbonyl (C=O) groups is 2. The van der Waals surface area contributed by atoms with Gasteiger partial charge in [-0.1, -0.05) is 32.0 Å². The molecule has 1 fully saturated rings. The van der Waals surface area contributed by atoms with E-state index in [2.05, 4.69) is 31.0 Å². The normalized spacial score (nSPS) is 16.0. The van der Waals surface area contributed by atoms with Crippen molar-refractivity contribution in [2.75, 3.05) is 0 Å². The van der Waals surface area contributed by atoms with Crippen molar-refractivity contribution in [3.63, 3.8) is 0 Å². The topological polar surface area (TPSA) is 93.3 Å². The van der Waals surface area contributed by atoms with Crippen LogP contribution in [-0.4, -0.2) is 28.1 Å². The molecule has 5 nitrogen and oxygen atoms in total. The average Bonchev–Trinajstić information content (AvgIpc) is 2.73. The van der Waals surface area contributed by atoms with Crippen LogP contribution in [-0.2, 0) is 11.2 Å². The van der Waals surface area contributed by atoms with Crippen LogP contribution in [0, 0.1) is 11.3 Å². The maximum Gasteiger partial charge on any atom is 0.490 e. The number of benzene rings is 1. The standard InChI is InChI=1S/C22H28N2O.C2HF3O2/c1-22(2)12-10-16(11-13-22)6-8-20-9-7-19(15-24-20)17-4-3-5-18(14-17)21(23)25;3-2(4,5)1(6)7/h3-5,7,9,14-16H,6,8,10-13H2,1-2H3,(H2,23,25);(H,6,7). The number of carbonyl (C=O) groups excluding carboxylic acids is 1. The molecular formula is C24H29F3N2O3. The van der Waals surface area contributed by atoms with Crippen LogP contribution in [0.15, 0.2) is 42.6 Å². The van der Waals surface area contributed by atoms with E-state index in [0.717, 1.165) is 29.2 Å². The molecular weight excluding hydrogens is 421 g/mol. The molecule has 1 aliphatic rings. The summed E-state index contributed by atoms with van der Waals surface area (Å²) in [5.74, 6) is -2.31. The van der Waals surface area contributed by atoms with E-state index >= 15 is 0 Å². The van der Waals surface area contributed by atoms with Crippen molar-refractivity contribution in [2.24, 2.45) is 17.1 Å². The number of nitrogens with two attached hydrogens (primary N) is 1. The summed E-state index contributed by atoms with van der Waals surface area (Å²) in [6, 6.07) is 11.6. The van der Waals surface area contributed by atoms with Crippen molar-refractivity contribution in [3.05, 3.63) is 53.9 Å². The molecule has 1 amide bonds. The van der Waals surface area contributed by atoms with Crippen LogP contribution in [0.4, 0.5) is 13.2 Å². The van der Waals surface area contributed by atoms with E-state index in [1.54, 1.807) is 6.07 Å². The number of aryl methyl sites for hydroxylation is 1. The van der Waals surface area contributed by atoms with Crippen LogP contribution < -0.4 is 5.73 Å². The highest BCUT2D eigenvalue weighted by atomic mass is 19.4. The first-order chi connectivity index (χ1) is 14.9. The number of hydrogen-bond acceptors (Lipinski definition) is 3. The van der Waals surface area contributed by atoms with Crippen molar-refractivity contribution < 1.29 is 27.9 Å². The van der Waals surface area contributed by atoms with Crippen LogP contribution in [0.1, 0.15) is 62.0 Å². The van der Waals surface area contributed by atoms with Crippen molar-refractivity contribution in [1.29, 1.82) is 0 Å². The molecule has 174 valence electrons. The summed E-state index contributed by atoms with van der Waals surface area (Å²) < 4.78 is 31.7. The second kappa shape index (κ2) is 10.6. The van der Waals surface area contributed by atoms with Crippen LogP contribution in [0.25, 0.3) is 11.1 Å². The predicted molar refractivity (Wildman–Crippen MR) is 116 cm³/mol. The number of nitrogens with zero attached hydrogens (tertiary/aromatic N) is 1. The summed E-state index contributed by atoms with van der Waals surface area (Å²) in [6.45, 7) is 4.77. The Morgan fingerprint density at radius 3 is 2.25 bits per heavy atom. The summed E-state index contributed by atoms with van der Waals surface area (Å²) in [7, 11) is 0. The van der Waals surface area contributed by atoms with Crippen LogP contribution >= 0.6 is 0 Å². The van der Waals surface area contributed by atoms with Gasteiger partial charge in [-0.2, -0.15) is 13.2 Å². The van der Waals surface area contributed by atoms with Crippen molar-refractivity contribution in [1.82, 2.24) is 4.98 Å². The number of amides is 1. The smallest absolute Gasteiger partial charge is 0.475 e. The fourth-order valence-electron chi connectivity index (χ4n) is 3.69. The first kappa shape index (κ1) is 25.4. The third-order valence-corrected chi connectivity index (χ3v) is 5.82. The van der Waals surface area contributed by atoms with Gasteiger partial charge in [-0.3, -0.25) is 9.78 Å². The molecule has 0 saturated heterocycles. The Labute approximate surface area is 185 Å². The number of aromatic nitrogens is 1. The molecule has 1 saturated carbocycles. The van der Waals surface area contributed by atoms with Gasteiger partial charge in [-0.15, -0.1) is 0 Å². The lowest BCUT2D eigenvalue weighted by Crippen LogP contribution is -2.21. The molecule has 0 aliphatic heterocycles. The Morgan fingerprint density at radius 2 is 1.75 bits per heavy atom. The maximum absolute atomic E-state index is 11.3. The quantitative estimate of drug-likeness (QED) is 0.617. The van der Waals surface area contributed by atoms with Gasteiger partial charge in [-0.25, -0.2) is 4.79 Å². The Balaban J connectivity index is 0.000000451. The highest BCUT2D eigenvalue weighted by Crippen LogP contribution is 2.39. The number of alkyl halides is 3. The molecule has 1 heterocycles. The fourth-order valence-corrected chi connectivity index (χ4v) is 3.69. The third-order valence-electron chi connectivity index (χ3n) is 5.82. The molecule has 32 heavy (non-hydrogen) atoms. The SMILES string of the molecule is CC1(C)CCC(CCc2ccc(-c3cccc(C(N)=O)c3)cn2)CC1.O=C(O)C(F)(F)F. The van der Waals surface area contributed by atoms with Gasteiger partial charge in [-0.05, 0) is 73.6 Å². The lowest BCUT2D eigenvalue weighted by molar-refractivity contribution is -0.192. The van der Waals surface area contributed by atoms with E-state index < -0.39 is 18.1 Å². The molecule has 0 radical (unpaired) electrons. The van der Waals surface area contributed by atoms with Gasteiger partial charge in [0.25, 0.3) is 0 Å². The number of carboxylic acids is 1. The molecule has 0 bridgehead atoms. The number of primary amides is 1. The zero-order valence-corrected chi connectivity index (χ0v) is 18.3. The van der Waals surface area contributed by atoms with Crippen molar-refractivity contribution >= 4 is 11.9 Å². The average molecular weight is 451 g/mol. The van der Waals surface area contributed by atoms with E-state index in [4.69, 9.17) is 15.6 Å². The Bertz CT molecular complexity index is 915. The second-order valence-corrected chi connectivity index (χ2v) is 8.93. The largest absolute Gasteiger partial charge is 0.490 e. The van der Waals surface area contributed by atoms with E-state index in [1.165, 1.54) is 32.1 Å². The minimum absolute atomic E-state index is 0.401. The molecule has 1 aromatic heterocycles. The van der Waals surface area contributed by atoms with Gasteiger partial charge < -0.3 is 10.8 Å². The third kappa shape index (κ3) is 7.98. The Morgan fingerprint density at radius 1 is 1.12 bits per heavy atom. The predicted octanol–water partition coefficient (Wildman–Crippen LogP) is 5.63. The molecule has 3 rings (SSSR count). The van der Waals surface area contributed by atoms with Crippen LogP contribution in [0.3, 0.4) is 0 Å². The number of rotatable bonds is 5. The van der Waals surface area contributed by atoms with Gasteiger partial charge in [0.1, 0.15) is 0 Å². The molecule has 2 aromatic rings. The summed E-state index contributed by atoms with van der Waals surface area (Å²) in [4.78, 5) is 24.8. The monoisotopic (exact) mass is 450 g/mol. The molecule has 0 unspecified atom stereocenters. The Hall–Kier alpha value is -2.90. The lowest BCUT2D eigenvalue weighted by Gasteiger charge is -2.34. The zero-order valence-electron chi connectivity index (χ0n) is 18.3. The highest BCUT2D eigenvalue weighted by molar-refractivity contribution is 5.94. The van der Waals surface area contributed by atoms with E-state index in [0.29, 0.717) is 11.0 Å². The number of pyridine rings is 1. The lowest BCUT2D eigenvalue weighted by atomic mass is 9.72. The minimum Gasteiger partial charge on any atom is -0.475 e. The minimum atomic E-state index is -5.08. The molecule has 0 atom stereocenters. The van der Waals surface area contributed by atoms with Gasteiger partial charge in [0, 0.05) is 23.0 Å². The van der Waals surface area contributed by atoms with Crippen molar-refractivity contribution in [2.45, 2.75) is 58.5 Å². The van der Waals surface area contributed by atoms with Crippen LogP contribution in [0.5, 0.6) is 0 Å². The van der Waals surface area contributed by atoms with E-state index in [1.807, 2.05) is 24.4 Å². The fraction of sp³-hybridized carbons (Fsp3) is 0.458. The number of carboxylic acid groups (broad SMARTS) is 1. The summed E-state index contributed by atoms with van der Waals surface area (Å²) >= 11 is 0. The highest BCUT2D eigenvalue weighted by Gasteiger charge is 2.38. The van der Waals surface area contributed by atoms with E-state index in [9.17, 15) is 18.0 Å².